The molecule has 1 aromatic heterocycles. The highest BCUT2D eigenvalue weighted by atomic mass is 35.5. The first kappa shape index (κ1) is 17.9. The number of carbonyl (C=O) groups excluding carboxylic acids is 1. The van der Waals surface area contributed by atoms with Crippen molar-refractivity contribution in [2.45, 2.75) is 6.54 Å². The summed E-state index contributed by atoms with van der Waals surface area (Å²) < 4.78 is 0. The maximum Gasteiger partial charge on any atom is 0.177 e. The molecule has 0 saturated carbocycles. The first-order chi connectivity index (χ1) is 12.1. The lowest BCUT2D eigenvalue weighted by Gasteiger charge is -2.22. The van der Waals surface area contributed by atoms with Crippen LogP contribution in [0.1, 0.15) is 5.56 Å². The minimum Gasteiger partial charge on any atom is -0.383 e. The van der Waals surface area contributed by atoms with Crippen LogP contribution in [0.4, 0.5) is 5.69 Å². The molecule has 3 rings (SSSR count). The van der Waals surface area contributed by atoms with E-state index in [1.165, 1.54) is 0 Å². The van der Waals surface area contributed by atoms with E-state index in [1.807, 2.05) is 36.4 Å². The second-order valence-corrected chi connectivity index (χ2v) is 7.21. The topological polar surface area (TPSA) is 54.0 Å². The van der Waals surface area contributed by atoms with Crippen molar-refractivity contribution in [3.8, 4) is 0 Å². The third kappa shape index (κ3) is 4.60. The van der Waals surface area contributed by atoms with E-state index in [0.29, 0.717) is 33.6 Å². The highest BCUT2D eigenvalue weighted by Crippen LogP contribution is 2.23. The second-order valence-electron chi connectivity index (χ2n) is 5.41. The number of pyridine rings is 1. The molecular formula is C18H16ClN3OS2. The maximum atomic E-state index is 12.4. The van der Waals surface area contributed by atoms with Crippen LogP contribution in [0.2, 0.25) is 5.02 Å². The number of rotatable bonds is 5. The van der Waals surface area contributed by atoms with E-state index < -0.39 is 0 Å². The Kier molecular flexibility index (Phi) is 6.07. The van der Waals surface area contributed by atoms with E-state index >= 15 is 0 Å². The molecule has 128 valence electrons. The predicted molar refractivity (Wildman–Crippen MR) is 108 cm³/mol. The predicted octanol–water partition coefficient (Wildman–Crippen LogP) is 3.83. The van der Waals surface area contributed by atoms with Gasteiger partial charge in [0, 0.05) is 36.1 Å². The molecule has 0 atom stereocenters. The zero-order chi connectivity index (χ0) is 17.6. The van der Waals surface area contributed by atoms with Crippen LogP contribution in [-0.2, 0) is 11.3 Å². The Balaban J connectivity index is 1.79. The van der Waals surface area contributed by atoms with Crippen LogP contribution < -0.4 is 10.6 Å². The van der Waals surface area contributed by atoms with Gasteiger partial charge in [0.2, 0.25) is 0 Å². The average molecular weight is 390 g/mol. The van der Waals surface area contributed by atoms with Crippen molar-refractivity contribution in [2.75, 3.05) is 16.8 Å². The van der Waals surface area contributed by atoms with Crippen LogP contribution in [0.5, 0.6) is 0 Å². The molecular weight excluding hydrogens is 374 g/mol. The molecule has 7 heteroatoms. The van der Waals surface area contributed by atoms with Crippen molar-refractivity contribution < 1.29 is 4.79 Å². The summed E-state index contributed by atoms with van der Waals surface area (Å²) in [5, 5.41) is 7.07. The Morgan fingerprint density at radius 1 is 1.24 bits per heavy atom. The monoisotopic (exact) mass is 389 g/mol. The van der Waals surface area contributed by atoms with E-state index in [1.54, 1.807) is 24.2 Å². The summed E-state index contributed by atoms with van der Waals surface area (Å²) in [6.45, 7) is 0.516. The van der Waals surface area contributed by atoms with Crippen LogP contribution in [0.25, 0.3) is 0 Å². The molecule has 1 aromatic carbocycles. The van der Waals surface area contributed by atoms with E-state index in [0.717, 1.165) is 16.9 Å². The van der Waals surface area contributed by atoms with Gasteiger partial charge in [0.05, 0.1) is 16.3 Å². The first-order valence-electron chi connectivity index (χ1n) is 7.68. The third-order valence-corrected chi connectivity index (χ3v) is 5.27. The maximum absolute atomic E-state index is 12.4. The molecule has 1 aliphatic rings. The van der Waals surface area contributed by atoms with Gasteiger partial charge in [-0.2, -0.15) is 0 Å². The van der Waals surface area contributed by atoms with Gasteiger partial charge < -0.3 is 10.6 Å². The minimum absolute atomic E-state index is 0.0352. The number of aromatic nitrogens is 1. The van der Waals surface area contributed by atoms with Gasteiger partial charge in [0.25, 0.3) is 0 Å². The Hall–Kier alpha value is -1.89. The summed E-state index contributed by atoms with van der Waals surface area (Å²) in [5.74, 6) is 1.18. The number of nitrogens with one attached hydrogen (secondary N) is 2. The number of hydrogen-bond donors (Lipinski definition) is 2. The molecule has 0 fully saturated rings. The number of thiocarbonyl (C=S) groups is 1. The first-order valence-corrected chi connectivity index (χ1v) is 9.62. The zero-order valence-electron chi connectivity index (χ0n) is 13.3. The fourth-order valence-electron chi connectivity index (χ4n) is 2.43. The van der Waals surface area contributed by atoms with Gasteiger partial charge in [-0.15, -0.1) is 11.8 Å². The van der Waals surface area contributed by atoms with Gasteiger partial charge in [-0.05, 0) is 23.8 Å². The zero-order valence-corrected chi connectivity index (χ0v) is 15.7. The van der Waals surface area contributed by atoms with E-state index in [4.69, 9.17) is 23.8 Å². The van der Waals surface area contributed by atoms with Gasteiger partial charge in [-0.1, -0.05) is 42.0 Å². The average Bonchev–Trinajstić information content (AvgIpc) is 2.62. The molecule has 0 radical (unpaired) electrons. The molecule has 2 heterocycles. The standard InChI is InChI=1S/C18H16ClN3OS2/c19-14-9-20-7-6-12(14)8-21-15-10-25-11-16(23)17(15)18(24)22-13-4-2-1-3-5-13/h1-7,9,21H,8,10-11H2,(H,22,24). The summed E-state index contributed by atoms with van der Waals surface area (Å²) in [5.41, 5.74) is 3.18. The molecule has 1 aliphatic heterocycles. The van der Waals surface area contributed by atoms with Gasteiger partial charge in [-0.25, -0.2) is 0 Å². The number of thioether (sulfide) groups is 1. The lowest BCUT2D eigenvalue weighted by molar-refractivity contribution is -0.112. The van der Waals surface area contributed by atoms with E-state index in [9.17, 15) is 4.79 Å². The van der Waals surface area contributed by atoms with Crippen LogP contribution in [0, 0.1) is 0 Å². The van der Waals surface area contributed by atoms with Crippen molar-refractivity contribution in [1.82, 2.24) is 10.3 Å². The van der Waals surface area contributed by atoms with Gasteiger partial charge in [-0.3, -0.25) is 9.78 Å². The smallest absolute Gasteiger partial charge is 0.177 e. The Morgan fingerprint density at radius 3 is 2.80 bits per heavy atom. The molecule has 0 saturated heterocycles. The molecule has 0 spiro atoms. The minimum atomic E-state index is 0.0352. The van der Waals surface area contributed by atoms with Crippen molar-refractivity contribution in [3.63, 3.8) is 0 Å². The normalized spacial score (nSPS) is 14.4. The molecule has 0 unspecified atom stereocenters. The number of hydrogen-bond acceptors (Lipinski definition) is 5. The molecule has 0 bridgehead atoms. The molecule has 4 nitrogen and oxygen atoms in total. The number of nitrogens with zero attached hydrogens (tertiary/aromatic N) is 1. The Labute approximate surface area is 161 Å². The van der Waals surface area contributed by atoms with Crippen molar-refractivity contribution >= 4 is 52.0 Å². The molecule has 2 N–H and O–H groups in total. The van der Waals surface area contributed by atoms with Crippen LogP contribution >= 0.6 is 35.6 Å². The number of anilines is 1. The van der Waals surface area contributed by atoms with Crippen LogP contribution in [0.15, 0.2) is 60.1 Å². The number of Topliss-reactive ketones (excluding diaryl/α,β-unsaturated/α-hetero) is 1. The van der Waals surface area contributed by atoms with Crippen LogP contribution in [-0.4, -0.2) is 27.3 Å². The Bertz CT molecular complexity index is 824. The summed E-state index contributed by atoms with van der Waals surface area (Å²) in [7, 11) is 0. The fourth-order valence-corrected chi connectivity index (χ4v) is 3.85. The number of carbonyl (C=O) groups is 1. The number of para-hydroxylation sites is 1. The SMILES string of the molecule is O=C1CSCC(NCc2ccncc2Cl)=C1C(=S)Nc1ccccc1. The fraction of sp³-hybridized carbons (Fsp3) is 0.167. The lowest BCUT2D eigenvalue weighted by atomic mass is 10.1. The van der Waals surface area contributed by atoms with Crippen LogP contribution in [0.3, 0.4) is 0 Å². The van der Waals surface area contributed by atoms with E-state index in [-0.39, 0.29) is 5.78 Å². The summed E-state index contributed by atoms with van der Waals surface area (Å²) >= 11 is 13.2. The van der Waals surface area contributed by atoms with Crippen molar-refractivity contribution in [1.29, 1.82) is 0 Å². The Morgan fingerprint density at radius 2 is 2.04 bits per heavy atom. The highest BCUT2D eigenvalue weighted by Gasteiger charge is 2.24. The molecule has 2 aromatic rings. The van der Waals surface area contributed by atoms with Crippen molar-refractivity contribution in [3.05, 3.63) is 70.6 Å². The van der Waals surface area contributed by atoms with Gasteiger partial charge >= 0.3 is 0 Å². The van der Waals surface area contributed by atoms with Gasteiger partial charge in [0.1, 0.15) is 4.99 Å². The number of benzene rings is 1. The van der Waals surface area contributed by atoms with Crippen molar-refractivity contribution in [2.24, 2.45) is 0 Å². The summed E-state index contributed by atoms with van der Waals surface area (Å²) in [4.78, 5) is 16.9. The number of halogens is 1. The molecule has 25 heavy (non-hydrogen) atoms. The highest BCUT2D eigenvalue weighted by molar-refractivity contribution is 8.00. The lowest BCUT2D eigenvalue weighted by Crippen LogP contribution is -2.31. The molecule has 0 amide bonds. The van der Waals surface area contributed by atoms with Gasteiger partial charge in [0.15, 0.2) is 5.78 Å². The third-order valence-electron chi connectivity index (χ3n) is 3.67. The van der Waals surface area contributed by atoms with E-state index in [2.05, 4.69) is 15.6 Å². The second kappa shape index (κ2) is 8.47. The summed E-state index contributed by atoms with van der Waals surface area (Å²) in [6, 6.07) is 11.5. The quantitative estimate of drug-likeness (QED) is 0.758. The molecule has 0 aliphatic carbocycles. The largest absolute Gasteiger partial charge is 0.383 e. The summed E-state index contributed by atoms with van der Waals surface area (Å²) in [6.07, 6.45) is 3.30. The number of ketones is 1.